The van der Waals surface area contributed by atoms with E-state index < -0.39 is 35.7 Å². The second-order valence-corrected chi connectivity index (χ2v) is 9.86. The Bertz CT molecular complexity index is 489. The molecule has 0 N–H and O–H groups in total. The summed E-state index contributed by atoms with van der Waals surface area (Å²) in [5, 5.41) is 30.5. The van der Waals surface area contributed by atoms with Gasteiger partial charge in [-0.1, -0.05) is 38.5 Å². The van der Waals surface area contributed by atoms with E-state index >= 15 is 0 Å². The van der Waals surface area contributed by atoms with Crippen molar-refractivity contribution in [2.45, 2.75) is 93.2 Å². The van der Waals surface area contributed by atoms with Crippen LogP contribution in [0.25, 0.3) is 0 Å². The third-order valence-electron chi connectivity index (χ3n) is 5.95. The van der Waals surface area contributed by atoms with Crippen molar-refractivity contribution in [3.8, 4) is 0 Å². The fourth-order valence-electron chi connectivity index (χ4n) is 4.05. The molecule has 10 heteroatoms. The molecule has 6 atom stereocenters. The molecule has 3 aliphatic carbocycles. The number of hydrogen-bond acceptors (Lipinski definition) is 6. The second kappa shape index (κ2) is 16.6. The Kier molecular flexibility index (Phi) is 16.6. The van der Waals surface area contributed by atoms with E-state index in [4.69, 9.17) is 34.8 Å². The monoisotopic (exact) mass is 531 g/mol. The molecule has 0 aromatic heterocycles. The molecule has 31 heavy (non-hydrogen) atoms. The third kappa shape index (κ3) is 11.6. The molecular formula is C21H30Cl3O6Ti. The Morgan fingerprint density at radius 2 is 0.677 bits per heavy atom. The van der Waals surface area contributed by atoms with Crippen LogP contribution in [0.4, 0.5) is 0 Å². The van der Waals surface area contributed by atoms with Gasteiger partial charge in [-0.2, -0.15) is 0 Å². The summed E-state index contributed by atoms with van der Waals surface area (Å²) in [6.45, 7) is 0. The molecule has 0 aliphatic heterocycles. The first-order valence-electron chi connectivity index (χ1n) is 10.7. The van der Waals surface area contributed by atoms with Gasteiger partial charge in [0.25, 0.3) is 0 Å². The second-order valence-electron chi connectivity index (χ2n) is 8.18. The van der Waals surface area contributed by atoms with Crippen molar-refractivity contribution < 1.29 is 51.4 Å². The van der Waals surface area contributed by atoms with Gasteiger partial charge in [0.05, 0.1) is 0 Å². The Hall–Kier alpha value is -0.00571. The Morgan fingerprint density at radius 1 is 0.484 bits per heavy atom. The number of hydrogen-bond donors (Lipinski definition) is 0. The maximum atomic E-state index is 10.4. The molecule has 3 aliphatic rings. The van der Waals surface area contributed by atoms with Gasteiger partial charge in [-0.15, -0.1) is 34.8 Å². The van der Waals surface area contributed by atoms with Gasteiger partial charge < -0.3 is 29.7 Å². The van der Waals surface area contributed by atoms with E-state index in [9.17, 15) is 29.7 Å². The third-order valence-corrected chi connectivity index (χ3v) is 7.52. The average Bonchev–Trinajstić information content (AvgIpc) is 2.69. The van der Waals surface area contributed by atoms with Gasteiger partial charge in [0, 0.05) is 51.8 Å². The van der Waals surface area contributed by atoms with Crippen LogP contribution in [-0.2, 0) is 36.1 Å². The predicted octanol–water partition coefficient (Wildman–Crippen LogP) is 1.60. The predicted molar refractivity (Wildman–Crippen MR) is 110 cm³/mol. The first kappa shape index (κ1) is 31.0. The molecule has 0 saturated heterocycles. The van der Waals surface area contributed by atoms with E-state index in [1.165, 1.54) is 0 Å². The Morgan fingerprint density at radius 3 is 0.806 bits per heavy atom. The largest absolute Gasteiger partial charge is 3.00 e. The summed E-state index contributed by atoms with van der Waals surface area (Å²) in [5.41, 5.74) is 0. The first-order valence-corrected chi connectivity index (χ1v) is 12.0. The first-order chi connectivity index (χ1) is 14.1. The summed E-state index contributed by atoms with van der Waals surface area (Å²) < 4.78 is 0. The van der Waals surface area contributed by atoms with Gasteiger partial charge >= 0.3 is 21.7 Å². The quantitative estimate of drug-likeness (QED) is 0.402. The number of halogens is 3. The van der Waals surface area contributed by atoms with Crippen LogP contribution in [0.1, 0.15) is 77.0 Å². The molecule has 6 unspecified atom stereocenters. The zero-order valence-corrected chi connectivity index (χ0v) is 21.4. The molecule has 0 heterocycles. The van der Waals surface area contributed by atoms with Crippen LogP contribution in [-0.4, -0.2) is 34.0 Å². The van der Waals surface area contributed by atoms with Gasteiger partial charge in [0.2, 0.25) is 0 Å². The van der Waals surface area contributed by atoms with Crippen molar-refractivity contribution in [2.75, 3.05) is 0 Å². The molecule has 1 radical (unpaired) electrons. The molecule has 3 rings (SSSR count). The van der Waals surface area contributed by atoms with Crippen molar-refractivity contribution >= 4 is 52.7 Å². The molecule has 6 nitrogen and oxygen atoms in total. The van der Waals surface area contributed by atoms with Crippen molar-refractivity contribution in [1.82, 2.24) is 0 Å². The van der Waals surface area contributed by atoms with Crippen molar-refractivity contribution in [3.63, 3.8) is 0 Å². The minimum absolute atomic E-state index is 0. The number of rotatable bonds is 3. The number of carboxylic acid groups (broad SMARTS) is 3. The SMILES string of the molecule is O=C([O-])C1CCCCC1Cl.O=C([O-])C1CCCCC1Cl.O=C([O-])C1CCCCC1Cl.[Ti+3]. The summed E-state index contributed by atoms with van der Waals surface area (Å²) in [6, 6.07) is 0. The van der Waals surface area contributed by atoms with E-state index in [0.29, 0.717) is 19.3 Å². The molecule has 175 valence electrons. The zero-order valence-electron chi connectivity index (χ0n) is 17.5. The molecule has 0 amide bonds. The maximum Gasteiger partial charge on any atom is 3.00 e. The van der Waals surface area contributed by atoms with Crippen LogP contribution >= 0.6 is 34.8 Å². The Balaban J connectivity index is 0.000000429. The number of carbonyl (C=O) groups is 3. The van der Waals surface area contributed by atoms with E-state index in [1.807, 2.05) is 0 Å². The number of alkyl halides is 3. The Labute approximate surface area is 214 Å². The van der Waals surface area contributed by atoms with E-state index in [-0.39, 0.29) is 37.8 Å². The summed E-state index contributed by atoms with van der Waals surface area (Å²) in [7, 11) is 0. The topological polar surface area (TPSA) is 120 Å². The number of carboxylic acids is 3. The minimum Gasteiger partial charge on any atom is -0.550 e. The van der Waals surface area contributed by atoms with Crippen molar-refractivity contribution in [1.29, 1.82) is 0 Å². The molecule has 0 bridgehead atoms. The molecule has 0 spiro atoms. The summed E-state index contributed by atoms with van der Waals surface area (Å²) in [4.78, 5) is 31.1. The van der Waals surface area contributed by atoms with Crippen LogP contribution in [0.5, 0.6) is 0 Å². The molecule has 3 fully saturated rings. The van der Waals surface area contributed by atoms with E-state index in [0.717, 1.165) is 57.8 Å². The fraction of sp³-hybridized carbons (Fsp3) is 0.857. The van der Waals surface area contributed by atoms with Gasteiger partial charge in [0.1, 0.15) is 0 Å². The molecule has 0 aromatic carbocycles. The molecular weight excluding hydrogens is 502 g/mol. The summed E-state index contributed by atoms with van der Waals surface area (Å²) in [6.07, 6.45) is 10.6. The fourth-order valence-corrected chi connectivity index (χ4v) is 5.20. The van der Waals surface area contributed by atoms with Crippen LogP contribution in [0, 0.1) is 17.8 Å². The van der Waals surface area contributed by atoms with Crippen molar-refractivity contribution in [2.24, 2.45) is 17.8 Å². The van der Waals surface area contributed by atoms with E-state index in [1.54, 1.807) is 0 Å². The standard InChI is InChI=1S/3C7H11ClO2.Ti/c3*8-6-4-2-1-3-5(6)7(9)10;/h3*5-6H,1-4H2,(H,9,10);/q;;;+3/p-3. The van der Waals surface area contributed by atoms with Gasteiger partial charge in [0.15, 0.2) is 0 Å². The van der Waals surface area contributed by atoms with E-state index in [2.05, 4.69) is 0 Å². The smallest absolute Gasteiger partial charge is 0.550 e. The summed E-state index contributed by atoms with van der Waals surface area (Å²) in [5.74, 6) is -4.18. The average molecular weight is 533 g/mol. The van der Waals surface area contributed by atoms with Crippen LogP contribution in [0.15, 0.2) is 0 Å². The van der Waals surface area contributed by atoms with Crippen LogP contribution in [0.3, 0.4) is 0 Å². The minimum atomic E-state index is -0.986. The zero-order chi connectivity index (χ0) is 22.7. The maximum absolute atomic E-state index is 10.4. The number of aliphatic carboxylic acids is 3. The van der Waals surface area contributed by atoms with Crippen LogP contribution in [0.2, 0.25) is 0 Å². The van der Waals surface area contributed by atoms with Gasteiger partial charge in [-0.05, 0) is 38.5 Å². The van der Waals surface area contributed by atoms with Crippen molar-refractivity contribution in [3.05, 3.63) is 0 Å². The molecule has 0 aromatic rings. The normalized spacial score (nSPS) is 32.6. The summed E-state index contributed by atoms with van der Waals surface area (Å²) >= 11 is 17.3. The molecule has 3 saturated carbocycles. The van der Waals surface area contributed by atoms with Gasteiger partial charge in [-0.3, -0.25) is 0 Å². The number of carbonyl (C=O) groups excluding carboxylic acids is 3. The van der Waals surface area contributed by atoms with Gasteiger partial charge in [-0.25, -0.2) is 0 Å². The van der Waals surface area contributed by atoms with Crippen LogP contribution < -0.4 is 15.3 Å².